The molecule has 4 aliphatic carbocycles. The second kappa shape index (κ2) is 6.20. The standard InChI is InChI=1S/C21H31ClO4/c1-13(23)25-26-14-6-10-20(3)17-8-9-19(2)16(4-5-18(19)24)15(17)7-11-21(20,22)12-14/h14-17H,4-12H2,1-3H3/t14?,15-,16-,17+,19-,20+,21?/m0/s1. The second-order valence-corrected chi connectivity index (χ2v) is 10.5. The minimum absolute atomic E-state index is 0.0700. The molecule has 4 saturated carbocycles. The molecule has 4 nitrogen and oxygen atoms in total. The Morgan fingerprint density at radius 3 is 2.58 bits per heavy atom. The van der Waals surface area contributed by atoms with Gasteiger partial charge in [-0.15, -0.1) is 11.6 Å². The Labute approximate surface area is 161 Å². The van der Waals surface area contributed by atoms with Crippen LogP contribution < -0.4 is 0 Å². The quantitative estimate of drug-likeness (QED) is 0.390. The van der Waals surface area contributed by atoms with Crippen LogP contribution in [0, 0.1) is 28.6 Å². The first-order valence-electron chi connectivity index (χ1n) is 10.3. The molecule has 0 aromatic carbocycles. The molecule has 0 aliphatic heterocycles. The number of alkyl halides is 1. The lowest BCUT2D eigenvalue weighted by Gasteiger charge is -2.63. The minimum atomic E-state index is -0.414. The summed E-state index contributed by atoms with van der Waals surface area (Å²) in [6.07, 6.45) is 8.56. The molecule has 0 saturated heterocycles. The SMILES string of the molecule is CC(=O)OOC1CC[C@]2(C)[C@@H]3CC[C@]4(C)C(=O)CC[C@H]4[C@@H]3CCC2(Cl)C1. The molecular weight excluding hydrogens is 352 g/mol. The summed E-state index contributed by atoms with van der Waals surface area (Å²) in [5.41, 5.74) is -0.0139. The summed E-state index contributed by atoms with van der Waals surface area (Å²) < 4.78 is 0. The molecule has 4 fully saturated rings. The van der Waals surface area contributed by atoms with Crippen LogP contribution in [-0.4, -0.2) is 22.7 Å². The lowest BCUT2D eigenvalue weighted by Crippen LogP contribution is -2.60. The number of fused-ring (bicyclic) bond motifs is 5. The van der Waals surface area contributed by atoms with E-state index in [0.717, 1.165) is 57.8 Å². The van der Waals surface area contributed by atoms with Crippen LogP contribution >= 0.6 is 11.6 Å². The molecule has 2 unspecified atom stereocenters. The predicted octanol–water partition coefficient (Wildman–Crippen LogP) is 4.82. The highest BCUT2D eigenvalue weighted by molar-refractivity contribution is 6.24. The Hall–Kier alpha value is -0.610. The Morgan fingerprint density at radius 1 is 1.08 bits per heavy atom. The molecule has 0 N–H and O–H groups in total. The smallest absolute Gasteiger partial charge is 0.299 e. The highest BCUT2D eigenvalue weighted by atomic mass is 35.5. The van der Waals surface area contributed by atoms with Gasteiger partial charge in [-0.1, -0.05) is 13.8 Å². The average molecular weight is 383 g/mol. The van der Waals surface area contributed by atoms with Crippen molar-refractivity contribution in [1.82, 2.24) is 0 Å². The summed E-state index contributed by atoms with van der Waals surface area (Å²) in [5.74, 6) is 1.84. The third-order valence-corrected chi connectivity index (χ3v) is 9.48. The molecule has 0 aromatic heterocycles. The fraction of sp³-hybridized carbons (Fsp3) is 0.905. The van der Waals surface area contributed by atoms with E-state index in [0.29, 0.717) is 23.5 Å². The first-order valence-corrected chi connectivity index (χ1v) is 10.6. The molecule has 0 bridgehead atoms. The van der Waals surface area contributed by atoms with Gasteiger partial charge in [0, 0.05) is 18.8 Å². The number of hydrogen-bond acceptors (Lipinski definition) is 4. The summed E-state index contributed by atoms with van der Waals surface area (Å²) in [7, 11) is 0. The Kier molecular flexibility index (Phi) is 4.47. The zero-order chi connectivity index (χ0) is 18.7. The largest absolute Gasteiger partial charge is 0.339 e. The van der Waals surface area contributed by atoms with Crippen molar-refractivity contribution in [2.24, 2.45) is 28.6 Å². The highest BCUT2D eigenvalue weighted by Gasteiger charge is 2.64. The maximum absolute atomic E-state index is 12.5. The van der Waals surface area contributed by atoms with Crippen molar-refractivity contribution in [1.29, 1.82) is 0 Å². The second-order valence-electron chi connectivity index (χ2n) is 9.75. The molecule has 0 aromatic rings. The van der Waals surface area contributed by atoms with Gasteiger partial charge in [-0.05, 0) is 74.5 Å². The normalized spacial score (nSPS) is 50.5. The van der Waals surface area contributed by atoms with Crippen molar-refractivity contribution < 1.29 is 19.4 Å². The van der Waals surface area contributed by atoms with Crippen molar-refractivity contribution in [2.45, 2.75) is 89.5 Å². The summed E-state index contributed by atoms with van der Waals surface area (Å²) in [5, 5.41) is 0. The number of hydrogen-bond donors (Lipinski definition) is 0. The van der Waals surface area contributed by atoms with Crippen molar-refractivity contribution in [3.8, 4) is 0 Å². The molecule has 4 aliphatic rings. The van der Waals surface area contributed by atoms with Gasteiger partial charge in [0.25, 0.3) is 0 Å². The molecule has 7 atom stereocenters. The van der Waals surface area contributed by atoms with E-state index < -0.39 is 5.97 Å². The molecule has 0 radical (unpaired) electrons. The first kappa shape index (κ1) is 18.7. The molecule has 4 rings (SSSR count). The van der Waals surface area contributed by atoms with Gasteiger partial charge in [-0.25, -0.2) is 4.79 Å². The van der Waals surface area contributed by atoms with E-state index in [2.05, 4.69) is 13.8 Å². The molecule has 26 heavy (non-hydrogen) atoms. The summed E-state index contributed by atoms with van der Waals surface area (Å²) in [6, 6.07) is 0. The molecular formula is C21H31ClO4. The van der Waals surface area contributed by atoms with Crippen LogP contribution in [0.2, 0.25) is 0 Å². The Bertz CT molecular complexity index is 621. The first-order chi connectivity index (χ1) is 12.2. The lowest BCUT2D eigenvalue weighted by atomic mass is 9.45. The van der Waals surface area contributed by atoms with E-state index in [1.54, 1.807) is 0 Å². The number of carbonyl (C=O) groups excluding carboxylic acids is 2. The average Bonchev–Trinajstić information content (AvgIpc) is 2.89. The zero-order valence-electron chi connectivity index (χ0n) is 16.2. The van der Waals surface area contributed by atoms with Crippen molar-refractivity contribution >= 4 is 23.4 Å². The fourth-order valence-electron chi connectivity index (χ4n) is 7.15. The van der Waals surface area contributed by atoms with Crippen LogP contribution in [-0.2, 0) is 19.4 Å². The van der Waals surface area contributed by atoms with Gasteiger partial charge in [-0.3, -0.25) is 9.68 Å². The van der Waals surface area contributed by atoms with Gasteiger partial charge in [0.2, 0.25) is 0 Å². The van der Waals surface area contributed by atoms with Gasteiger partial charge >= 0.3 is 5.97 Å². The fourth-order valence-corrected chi connectivity index (χ4v) is 7.67. The molecule has 146 valence electrons. The lowest BCUT2D eigenvalue weighted by molar-refractivity contribution is -0.307. The van der Waals surface area contributed by atoms with Gasteiger partial charge in [-0.2, -0.15) is 4.89 Å². The van der Waals surface area contributed by atoms with Crippen LogP contribution in [0.4, 0.5) is 0 Å². The van der Waals surface area contributed by atoms with Gasteiger partial charge in [0.15, 0.2) is 0 Å². The third-order valence-electron chi connectivity index (χ3n) is 8.70. The molecule has 5 heteroatoms. The van der Waals surface area contributed by atoms with E-state index in [1.807, 2.05) is 0 Å². The van der Waals surface area contributed by atoms with Crippen LogP contribution in [0.15, 0.2) is 0 Å². The Balaban J connectivity index is 1.55. The molecule has 0 heterocycles. The van der Waals surface area contributed by atoms with Gasteiger partial charge in [0.05, 0.1) is 4.87 Å². The third kappa shape index (κ3) is 2.58. The summed E-state index contributed by atoms with van der Waals surface area (Å²) in [6.45, 7) is 5.95. The monoisotopic (exact) mass is 382 g/mol. The topological polar surface area (TPSA) is 52.6 Å². The minimum Gasteiger partial charge on any atom is -0.299 e. The van der Waals surface area contributed by atoms with E-state index in [-0.39, 0.29) is 21.8 Å². The molecule has 0 amide bonds. The number of rotatable bonds is 2. The number of ketones is 1. The number of Topliss-reactive ketones (excluding diaryl/α,β-unsaturated/α-hetero) is 1. The van der Waals surface area contributed by atoms with E-state index in [1.165, 1.54) is 6.92 Å². The van der Waals surface area contributed by atoms with Crippen LogP contribution in [0.1, 0.15) is 78.6 Å². The van der Waals surface area contributed by atoms with Crippen molar-refractivity contribution in [2.75, 3.05) is 0 Å². The van der Waals surface area contributed by atoms with Crippen molar-refractivity contribution in [3.63, 3.8) is 0 Å². The van der Waals surface area contributed by atoms with E-state index in [9.17, 15) is 9.59 Å². The van der Waals surface area contributed by atoms with Crippen molar-refractivity contribution in [3.05, 3.63) is 0 Å². The molecule has 0 spiro atoms. The maximum atomic E-state index is 12.5. The van der Waals surface area contributed by atoms with Gasteiger partial charge in [0.1, 0.15) is 11.9 Å². The van der Waals surface area contributed by atoms with E-state index in [4.69, 9.17) is 21.4 Å². The summed E-state index contributed by atoms with van der Waals surface area (Å²) >= 11 is 7.27. The van der Waals surface area contributed by atoms with E-state index >= 15 is 0 Å². The van der Waals surface area contributed by atoms with Crippen LogP contribution in [0.25, 0.3) is 0 Å². The number of halogens is 1. The highest BCUT2D eigenvalue weighted by Crippen LogP contribution is 2.68. The maximum Gasteiger partial charge on any atom is 0.339 e. The number of carbonyl (C=O) groups is 2. The van der Waals surface area contributed by atoms with Gasteiger partial charge < -0.3 is 0 Å². The van der Waals surface area contributed by atoms with Crippen LogP contribution in [0.3, 0.4) is 0 Å². The Morgan fingerprint density at radius 2 is 1.85 bits per heavy atom. The van der Waals surface area contributed by atoms with Crippen LogP contribution in [0.5, 0.6) is 0 Å². The summed E-state index contributed by atoms with van der Waals surface area (Å²) in [4.78, 5) is 33.4. The zero-order valence-corrected chi connectivity index (χ0v) is 16.9. The predicted molar refractivity (Wildman–Crippen MR) is 98.5 cm³/mol.